The monoisotopic (exact) mass is 591 g/mol. The zero-order valence-corrected chi connectivity index (χ0v) is 24.8. The van der Waals surface area contributed by atoms with Gasteiger partial charge in [0.1, 0.15) is 17.2 Å². The molecule has 0 radical (unpaired) electrons. The Kier molecular flexibility index (Phi) is 5.97. The van der Waals surface area contributed by atoms with Gasteiger partial charge in [0.25, 0.3) is 11.8 Å². The van der Waals surface area contributed by atoms with Gasteiger partial charge in [-0.25, -0.2) is 13.9 Å². The second-order valence-corrected chi connectivity index (χ2v) is 12.9. The second-order valence-electron chi connectivity index (χ2n) is 12.9. The highest BCUT2D eigenvalue weighted by Gasteiger charge is 2.46. The van der Waals surface area contributed by atoms with Gasteiger partial charge in [-0.1, -0.05) is 0 Å². The maximum atomic E-state index is 14.8. The number of benzene rings is 1. The van der Waals surface area contributed by atoms with Crippen LogP contribution in [0.5, 0.6) is 0 Å². The smallest absolute Gasteiger partial charge is 0.255 e. The van der Waals surface area contributed by atoms with Gasteiger partial charge in [-0.15, -0.1) is 0 Å². The summed E-state index contributed by atoms with van der Waals surface area (Å²) >= 11 is 0. The van der Waals surface area contributed by atoms with Crippen molar-refractivity contribution in [3.05, 3.63) is 76.7 Å². The van der Waals surface area contributed by atoms with E-state index in [2.05, 4.69) is 17.6 Å². The Hall–Kier alpha value is -4.57. The number of aryl methyl sites for hydroxylation is 2. The number of fused-ring (bicyclic) bond motifs is 4. The molecule has 2 amide bonds. The SMILES string of the molecule is Cc1cc(C(N)=O)c(F)cc1-c1ccc2cc(-c3nn4cc(C(=O)N5CC6CCC5[C@@H]6N)ccc4c3C)n(CC3CC3)c2n1. The Morgan fingerprint density at radius 2 is 1.86 bits per heavy atom. The molecular formula is C34H34FN7O2. The Morgan fingerprint density at radius 1 is 1.05 bits per heavy atom. The summed E-state index contributed by atoms with van der Waals surface area (Å²) in [5.41, 5.74) is 18.7. The van der Waals surface area contributed by atoms with Crippen molar-refractivity contribution in [2.75, 3.05) is 6.54 Å². The van der Waals surface area contributed by atoms with E-state index >= 15 is 0 Å². The molecule has 2 saturated carbocycles. The summed E-state index contributed by atoms with van der Waals surface area (Å²) in [4.78, 5) is 32.1. The fourth-order valence-electron chi connectivity index (χ4n) is 7.35. The third kappa shape index (κ3) is 4.15. The van der Waals surface area contributed by atoms with Crippen LogP contribution in [0.3, 0.4) is 0 Å². The lowest BCUT2D eigenvalue weighted by Crippen LogP contribution is -2.41. The Bertz CT molecular complexity index is 2020. The van der Waals surface area contributed by atoms with Crippen molar-refractivity contribution in [2.45, 2.75) is 58.2 Å². The number of rotatable bonds is 6. The minimum absolute atomic E-state index is 0.0134. The second kappa shape index (κ2) is 9.72. The third-order valence-electron chi connectivity index (χ3n) is 10.0. The summed E-state index contributed by atoms with van der Waals surface area (Å²) in [7, 11) is 0. The number of aromatic nitrogens is 4. The molecule has 2 unspecified atom stereocenters. The standard InChI is InChI=1S/C34H34FN7O2/c1-17-11-24(32(37)43)25(35)13-23(17)26-8-5-20-12-29(40(33(20)38-26)14-19-3-4-19)31-18(2)27-9-7-22(16-42(27)39-31)34(44)41-15-21-6-10-28(41)30(21)36/h5,7-9,11-13,16,19,21,28,30H,3-4,6,10,14-15,36H2,1-2H3,(H2,37,43)/t21?,28?,30-/m1/s1. The zero-order valence-electron chi connectivity index (χ0n) is 24.8. The van der Waals surface area contributed by atoms with Gasteiger partial charge in [0.05, 0.1) is 28.0 Å². The fraction of sp³-hybridized carbons (Fsp3) is 0.353. The van der Waals surface area contributed by atoms with E-state index in [1.165, 1.54) is 12.1 Å². The van der Waals surface area contributed by atoms with Gasteiger partial charge in [-0.2, -0.15) is 5.10 Å². The molecule has 1 aliphatic heterocycles. The first kappa shape index (κ1) is 27.0. The number of hydrogen-bond donors (Lipinski definition) is 2. The predicted molar refractivity (Wildman–Crippen MR) is 166 cm³/mol. The van der Waals surface area contributed by atoms with Crippen LogP contribution in [0.4, 0.5) is 4.39 Å². The van der Waals surface area contributed by atoms with Gasteiger partial charge < -0.3 is 20.9 Å². The van der Waals surface area contributed by atoms with Crippen LogP contribution < -0.4 is 11.5 Å². The minimum atomic E-state index is -0.796. The van der Waals surface area contributed by atoms with Crippen molar-refractivity contribution in [1.29, 1.82) is 0 Å². The van der Waals surface area contributed by atoms with E-state index in [1.54, 1.807) is 0 Å². The first-order valence-corrected chi connectivity index (χ1v) is 15.3. The number of carbonyl (C=O) groups is 2. The highest BCUT2D eigenvalue weighted by Crippen LogP contribution is 2.39. The van der Waals surface area contributed by atoms with Gasteiger partial charge in [-0.05, 0) is 99.4 Å². The molecule has 1 aromatic carbocycles. The number of nitrogens with two attached hydrogens (primary N) is 2. The van der Waals surface area contributed by atoms with E-state index < -0.39 is 11.7 Å². The van der Waals surface area contributed by atoms with Crippen LogP contribution in [-0.4, -0.2) is 54.5 Å². The summed E-state index contributed by atoms with van der Waals surface area (Å²) in [6, 6.07) is 12.9. The molecule has 3 fully saturated rings. The van der Waals surface area contributed by atoms with Crippen LogP contribution in [0.15, 0.2) is 48.7 Å². The van der Waals surface area contributed by atoms with E-state index in [9.17, 15) is 14.0 Å². The van der Waals surface area contributed by atoms with Crippen LogP contribution >= 0.6 is 0 Å². The average Bonchev–Trinajstić information content (AvgIpc) is 3.42. The maximum absolute atomic E-state index is 14.8. The van der Waals surface area contributed by atoms with E-state index in [1.807, 2.05) is 46.8 Å². The highest BCUT2D eigenvalue weighted by atomic mass is 19.1. The third-order valence-corrected chi connectivity index (χ3v) is 10.0. The molecule has 3 atom stereocenters. The molecule has 4 N–H and O–H groups in total. The first-order chi connectivity index (χ1) is 21.2. The summed E-state index contributed by atoms with van der Waals surface area (Å²) < 4.78 is 18.8. The van der Waals surface area contributed by atoms with Crippen molar-refractivity contribution >= 4 is 28.4 Å². The van der Waals surface area contributed by atoms with Crippen molar-refractivity contribution in [3.8, 4) is 22.6 Å². The van der Waals surface area contributed by atoms with E-state index in [0.29, 0.717) is 28.7 Å². The number of halogens is 1. The van der Waals surface area contributed by atoms with Crippen LogP contribution in [0, 0.1) is 31.5 Å². The van der Waals surface area contributed by atoms with Crippen LogP contribution in [-0.2, 0) is 6.54 Å². The molecule has 9 nitrogen and oxygen atoms in total. The zero-order chi connectivity index (χ0) is 30.4. The fourth-order valence-corrected chi connectivity index (χ4v) is 7.35. The lowest BCUT2D eigenvalue weighted by Gasteiger charge is -2.27. The lowest BCUT2D eigenvalue weighted by atomic mass is 10.0. The molecule has 224 valence electrons. The molecule has 5 heterocycles. The predicted octanol–water partition coefficient (Wildman–Crippen LogP) is 4.84. The molecule has 5 aromatic rings. The van der Waals surface area contributed by atoms with Crippen LogP contribution in [0.2, 0.25) is 0 Å². The van der Waals surface area contributed by atoms with E-state index in [0.717, 1.165) is 77.8 Å². The molecule has 2 aliphatic carbocycles. The molecule has 8 rings (SSSR count). The summed E-state index contributed by atoms with van der Waals surface area (Å²) in [5, 5.41) is 5.97. The largest absolute Gasteiger partial charge is 0.366 e. The number of nitrogens with zero attached hydrogens (tertiary/aromatic N) is 5. The number of piperidine rings is 1. The number of primary amides is 1. The average molecular weight is 592 g/mol. The molecular weight excluding hydrogens is 557 g/mol. The van der Waals surface area contributed by atoms with E-state index in [-0.39, 0.29) is 23.6 Å². The highest BCUT2D eigenvalue weighted by molar-refractivity contribution is 5.96. The summed E-state index contributed by atoms with van der Waals surface area (Å²) in [6.07, 6.45) is 6.23. The van der Waals surface area contributed by atoms with Crippen LogP contribution in [0.25, 0.3) is 39.2 Å². The number of pyridine rings is 2. The summed E-state index contributed by atoms with van der Waals surface area (Å²) in [5.74, 6) is -0.486. The minimum Gasteiger partial charge on any atom is -0.366 e. The first-order valence-electron chi connectivity index (χ1n) is 15.3. The van der Waals surface area contributed by atoms with Gasteiger partial charge >= 0.3 is 0 Å². The molecule has 1 saturated heterocycles. The molecule has 10 heteroatoms. The van der Waals surface area contributed by atoms with Gasteiger partial charge in [-0.3, -0.25) is 9.59 Å². The lowest BCUT2D eigenvalue weighted by molar-refractivity contribution is 0.0700. The van der Waals surface area contributed by atoms with Crippen molar-refractivity contribution in [2.24, 2.45) is 23.3 Å². The van der Waals surface area contributed by atoms with Crippen molar-refractivity contribution < 1.29 is 14.0 Å². The van der Waals surface area contributed by atoms with Crippen molar-refractivity contribution in [1.82, 2.24) is 24.1 Å². The molecule has 0 spiro atoms. The topological polar surface area (TPSA) is 125 Å². The summed E-state index contributed by atoms with van der Waals surface area (Å²) in [6.45, 7) is 5.41. The molecule has 3 aliphatic rings. The number of hydrogen-bond acceptors (Lipinski definition) is 5. The normalized spacial score (nSPS) is 21.2. The Balaban J connectivity index is 1.20. The number of likely N-dealkylation sites (tertiary alicyclic amines) is 1. The van der Waals surface area contributed by atoms with E-state index in [4.69, 9.17) is 21.5 Å². The van der Waals surface area contributed by atoms with Crippen LogP contribution in [0.1, 0.15) is 57.5 Å². The molecule has 2 bridgehead atoms. The molecule has 4 aromatic heterocycles. The van der Waals surface area contributed by atoms with Gasteiger partial charge in [0, 0.05) is 47.9 Å². The number of amides is 2. The van der Waals surface area contributed by atoms with Gasteiger partial charge in [0.15, 0.2) is 0 Å². The van der Waals surface area contributed by atoms with Crippen molar-refractivity contribution in [3.63, 3.8) is 0 Å². The maximum Gasteiger partial charge on any atom is 0.255 e. The quantitative estimate of drug-likeness (QED) is 0.292. The van der Waals surface area contributed by atoms with Gasteiger partial charge in [0.2, 0.25) is 0 Å². The Labute approximate surface area is 253 Å². The molecule has 44 heavy (non-hydrogen) atoms. The number of carbonyl (C=O) groups excluding carboxylic acids is 2. The Morgan fingerprint density at radius 3 is 2.57 bits per heavy atom.